The summed E-state index contributed by atoms with van der Waals surface area (Å²) in [6.45, 7) is 4.17. The van der Waals surface area contributed by atoms with E-state index in [0.29, 0.717) is 27.8 Å². The predicted octanol–water partition coefficient (Wildman–Crippen LogP) is 7.23. The van der Waals surface area contributed by atoms with E-state index in [0.717, 1.165) is 46.9 Å². The smallest absolute Gasteiger partial charge is 0.316 e. The van der Waals surface area contributed by atoms with E-state index in [4.69, 9.17) is 14.5 Å². The van der Waals surface area contributed by atoms with Crippen LogP contribution in [-0.4, -0.2) is 45.1 Å². The Kier molecular flexibility index (Phi) is 11.7. The molecule has 6 nitrogen and oxygen atoms in total. The number of unbranched alkanes of at least 4 members (excludes halogenated alkanes) is 1. The lowest BCUT2D eigenvalue weighted by molar-refractivity contribution is -0.146. The van der Waals surface area contributed by atoms with E-state index in [1.54, 1.807) is 0 Å². The van der Waals surface area contributed by atoms with Gasteiger partial charge in [-0.05, 0) is 37.1 Å². The zero-order valence-corrected chi connectivity index (χ0v) is 25.5. The second-order valence-electron chi connectivity index (χ2n) is 9.77. The summed E-state index contributed by atoms with van der Waals surface area (Å²) in [5.41, 5.74) is 4.81. The molecule has 4 aromatic rings. The van der Waals surface area contributed by atoms with Crippen LogP contribution in [0.2, 0.25) is 0 Å². The van der Waals surface area contributed by atoms with Crippen LogP contribution in [0.3, 0.4) is 0 Å². The summed E-state index contributed by atoms with van der Waals surface area (Å²) in [6, 6.07) is 31.2. The monoisotopic (exact) mass is 598 g/mol. The lowest BCUT2D eigenvalue weighted by Gasteiger charge is -2.18. The number of nitriles is 1. The molecule has 42 heavy (non-hydrogen) atoms. The standard InChI is InChI=1S/C34H34N2O4S2/c1-3-4-19-42(38)24-29(22-39-28-13-9-6-10-14-28)40-33(37)23-41-34-31(21-35)30(26-11-7-5-8-12-26)20-32(36-34)27-17-15-25(2)16-18-27/h5-18,20,29H,3-4,19,22-24H2,1-2H3. The molecule has 0 radical (unpaired) electrons. The van der Waals surface area contributed by atoms with E-state index >= 15 is 0 Å². The average molecular weight is 599 g/mol. The fraction of sp³-hybridized carbons (Fsp3) is 0.265. The highest BCUT2D eigenvalue weighted by atomic mass is 32.2. The van der Waals surface area contributed by atoms with Crippen LogP contribution in [0.5, 0.6) is 5.75 Å². The number of aromatic nitrogens is 1. The van der Waals surface area contributed by atoms with Crippen molar-refractivity contribution in [1.82, 2.24) is 4.98 Å². The summed E-state index contributed by atoms with van der Waals surface area (Å²) in [4.78, 5) is 17.9. The molecule has 1 heterocycles. The Balaban J connectivity index is 1.54. The number of ether oxygens (including phenoxy) is 2. The van der Waals surface area contributed by atoms with Crippen LogP contribution < -0.4 is 4.74 Å². The zero-order valence-electron chi connectivity index (χ0n) is 23.8. The Bertz CT molecular complexity index is 1520. The van der Waals surface area contributed by atoms with Crippen molar-refractivity contribution in [3.05, 3.63) is 102 Å². The van der Waals surface area contributed by atoms with Gasteiger partial charge < -0.3 is 9.47 Å². The van der Waals surface area contributed by atoms with Gasteiger partial charge in [-0.15, -0.1) is 0 Å². The van der Waals surface area contributed by atoms with Crippen molar-refractivity contribution >= 4 is 28.5 Å². The fourth-order valence-electron chi connectivity index (χ4n) is 4.22. The number of pyridine rings is 1. The lowest BCUT2D eigenvalue weighted by Crippen LogP contribution is -2.31. The molecule has 3 aromatic carbocycles. The van der Waals surface area contributed by atoms with E-state index in [2.05, 4.69) is 6.07 Å². The Labute approximate surface area is 254 Å². The molecule has 8 heteroatoms. The summed E-state index contributed by atoms with van der Waals surface area (Å²) in [7, 11) is -1.14. The SMILES string of the molecule is CCCCS(=O)CC(COc1ccccc1)OC(=O)CSc1nc(-c2ccc(C)cc2)cc(-c2ccccc2)c1C#N. The summed E-state index contributed by atoms with van der Waals surface area (Å²) in [6.07, 6.45) is 1.11. The normalized spacial score (nSPS) is 12.2. The van der Waals surface area contributed by atoms with E-state index in [-0.39, 0.29) is 18.1 Å². The van der Waals surface area contributed by atoms with Gasteiger partial charge in [-0.3, -0.25) is 9.00 Å². The van der Waals surface area contributed by atoms with Crippen LogP contribution in [0.15, 0.2) is 96.0 Å². The summed E-state index contributed by atoms with van der Waals surface area (Å²) in [5.74, 6) is 0.856. The first-order valence-electron chi connectivity index (χ1n) is 13.9. The molecule has 0 saturated heterocycles. The number of aryl methyl sites for hydroxylation is 1. The average Bonchev–Trinajstić information content (AvgIpc) is 3.02. The molecule has 2 atom stereocenters. The number of carbonyl (C=O) groups is 1. The number of para-hydroxylation sites is 1. The van der Waals surface area contributed by atoms with Crippen molar-refractivity contribution in [3.8, 4) is 34.2 Å². The Morgan fingerprint density at radius 2 is 1.69 bits per heavy atom. The minimum absolute atomic E-state index is 0.0588. The van der Waals surface area contributed by atoms with Gasteiger partial charge in [-0.1, -0.05) is 103 Å². The van der Waals surface area contributed by atoms with Crippen LogP contribution in [0.1, 0.15) is 30.9 Å². The van der Waals surface area contributed by atoms with Crippen molar-refractivity contribution in [3.63, 3.8) is 0 Å². The Morgan fingerprint density at radius 1 is 1.00 bits per heavy atom. The molecule has 216 valence electrons. The van der Waals surface area contributed by atoms with Crippen LogP contribution in [0, 0.1) is 18.3 Å². The maximum absolute atomic E-state index is 13.1. The van der Waals surface area contributed by atoms with Gasteiger partial charge in [0.15, 0.2) is 0 Å². The van der Waals surface area contributed by atoms with Crippen molar-refractivity contribution in [2.45, 2.75) is 37.8 Å². The van der Waals surface area contributed by atoms with Crippen molar-refractivity contribution in [2.75, 3.05) is 23.9 Å². The highest BCUT2D eigenvalue weighted by molar-refractivity contribution is 8.00. The maximum atomic E-state index is 13.1. The third kappa shape index (κ3) is 9.04. The summed E-state index contributed by atoms with van der Waals surface area (Å²) >= 11 is 1.16. The molecular weight excluding hydrogens is 565 g/mol. The van der Waals surface area contributed by atoms with E-state index < -0.39 is 22.9 Å². The number of thioether (sulfide) groups is 1. The number of hydrogen-bond acceptors (Lipinski definition) is 7. The number of nitrogens with zero attached hydrogens (tertiary/aromatic N) is 2. The van der Waals surface area contributed by atoms with Crippen molar-refractivity contribution in [1.29, 1.82) is 5.26 Å². The number of rotatable bonds is 14. The maximum Gasteiger partial charge on any atom is 0.316 e. The molecule has 0 aliphatic rings. The molecule has 0 bridgehead atoms. The number of esters is 1. The van der Waals surface area contributed by atoms with Crippen molar-refractivity contribution in [2.24, 2.45) is 0 Å². The molecule has 0 N–H and O–H groups in total. The van der Waals surface area contributed by atoms with Gasteiger partial charge in [-0.25, -0.2) is 4.98 Å². The predicted molar refractivity (Wildman–Crippen MR) is 170 cm³/mol. The molecule has 0 amide bonds. The highest BCUT2D eigenvalue weighted by Crippen LogP contribution is 2.34. The largest absolute Gasteiger partial charge is 0.490 e. The second kappa shape index (κ2) is 15.9. The molecule has 0 aliphatic carbocycles. The fourth-order valence-corrected chi connectivity index (χ4v) is 6.36. The van der Waals surface area contributed by atoms with Gasteiger partial charge in [-0.2, -0.15) is 5.26 Å². The quantitative estimate of drug-likeness (QED) is 0.112. The first kappa shape index (κ1) is 31.0. The molecule has 4 rings (SSSR count). The van der Waals surface area contributed by atoms with Gasteiger partial charge in [0.05, 0.1) is 22.8 Å². The first-order valence-corrected chi connectivity index (χ1v) is 16.4. The van der Waals surface area contributed by atoms with Gasteiger partial charge in [0.25, 0.3) is 0 Å². The third-order valence-electron chi connectivity index (χ3n) is 6.43. The summed E-state index contributed by atoms with van der Waals surface area (Å²) in [5, 5.41) is 10.6. The minimum Gasteiger partial charge on any atom is -0.490 e. The second-order valence-corrected chi connectivity index (χ2v) is 12.4. The highest BCUT2D eigenvalue weighted by Gasteiger charge is 2.21. The van der Waals surface area contributed by atoms with E-state index in [9.17, 15) is 14.3 Å². The van der Waals surface area contributed by atoms with Gasteiger partial charge in [0.2, 0.25) is 0 Å². The van der Waals surface area contributed by atoms with Gasteiger partial charge in [0, 0.05) is 27.7 Å². The first-order chi connectivity index (χ1) is 20.5. The number of hydrogen-bond donors (Lipinski definition) is 0. The molecule has 1 aromatic heterocycles. The molecule has 0 fully saturated rings. The topological polar surface area (TPSA) is 89.3 Å². The molecule has 0 spiro atoms. The minimum atomic E-state index is -1.14. The van der Waals surface area contributed by atoms with E-state index in [1.165, 1.54) is 0 Å². The van der Waals surface area contributed by atoms with Crippen LogP contribution >= 0.6 is 11.8 Å². The van der Waals surface area contributed by atoms with Crippen LogP contribution in [0.4, 0.5) is 0 Å². The molecule has 0 saturated carbocycles. The van der Waals surface area contributed by atoms with Crippen molar-refractivity contribution < 1.29 is 18.5 Å². The Morgan fingerprint density at radius 3 is 2.36 bits per heavy atom. The zero-order chi connectivity index (χ0) is 29.7. The van der Waals surface area contributed by atoms with E-state index in [1.807, 2.05) is 105 Å². The van der Waals surface area contributed by atoms with Gasteiger partial charge >= 0.3 is 5.97 Å². The summed E-state index contributed by atoms with van der Waals surface area (Å²) < 4.78 is 24.3. The van der Waals surface area contributed by atoms with Gasteiger partial charge in [0.1, 0.15) is 29.6 Å². The Hall–Kier alpha value is -3.93. The molecular formula is C34H34N2O4S2. The molecule has 0 aliphatic heterocycles. The van der Waals surface area contributed by atoms with Crippen LogP contribution in [-0.2, 0) is 20.3 Å². The van der Waals surface area contributed by atoms with Crippen LogP contribution in [0.25, 0.3) is 22.4 Å². The molecule has 2 unspecified atom stereocenters. The number of carbonyl (C=O) groups excluding carboxylic acids is 1. The number of benzene rings is 3. The lowest BCUT2D eigenvalue weighted by atomic mass is 9.99. The third-order valence-corrected chi connectivity index (χ3v) is 8.87.